The fourth-order valence-corrected chi connectivity index (χ4v) is 0. The Bertz CT molecular complexity index is 243. The van der Waals surface area contributed by atoms with E-state index < -0.39 is 20.8 Å². The molecule has 0 unspecified atom stereocenters. The van der Waals surface area contributed by atoms with E-state index in [1.165, 1.54) is 0 Å². The third kappa shape index (κ3) is 156. The van der Waals surface area contributed by atoms with Crippen LogP contribution in [-0.4, -0.2) is 4.89 Å². The predicted octanol–water partition coefficient (Wildman–Crippen LogP) is -12.7. The van der Waals surface area contributed by atoms with E-state index in [0.717, 1.165) is 0 Å². The molecule has 0 saturated heterocycles. The van der Waals surface area contributed by atoms with Crippen LogP contribution in [0.25, 0.3) is 0 Å². The van der Waals surface area contributed by atoms with Crippen molar-refractivity contribution >= 4 is 7.82 Å². The maximum atomic E-state index is 8.66. The van der Waals surface area contributed by atoms with E-state index in [9.17, 15) is 0 Å². The van der Waals surface area contributed by atoms with Crippen molar-refractivity contribution in [2.75, 3.05) is 0 Å². The summed E-state index contributed by atoms with van der Waals surface area (Å²) in [5, 5.41) is 0. The number of rotatable bonds is 0. The van der Waals surface area contributed by atoms with E-state index >= 15 is 0 Å². The van der Waals surface area contributed by atoms with Crippen molar-refractivity contribution < 1.29 is 202 Å². The summed E-state index contributed by atoms with van der Waals surface area (Å²) in [6.07, 6.45) is 0. The van der Waals surface area contributed by atoms with Crippen LogP contribution in [-0.2, 0) is 29.0 Å². The van der Waals surface area contributed by atoms with Crippen LogP contribution in [0.4, 0.5) is 0 Å². The average molecular weight is 332 g/mol. The zero-order valence-corrected chi connectivity index (χ0v) is 18.6. The topological polar surface area (TPSA) is 158 Å². The molecule has 0 radical (unpaired) electrons. The van der Waals surface area contributed by atoms with E-state index in [4.69, 9.17) is 34.9 Å². The summed E-state index contributed by atoms with van der Waals surface area (Å²) < 4.78 is 43.0. The molecular weight excluding hydrogens is 331 g/mol. The molecule has 64 valence electrons. The Balaban J connectivity index is -0.0000000267. The molecular formula is HK3MnO8P. The third-order valence-corrected chi connectivity index (χ3v) is 0. The Morgan fingerprint density at radius 3 is 1.00 bits per heavy atom. The SMILES string of the molecule is O=P([O-])([O-])O.[K+].[K+].[K+].[O]=[Mn](=[O])(=[O])[O-]. The van der Waals surface area contributed by atoms with E-state index in [1.54, 1.807) is 0 Å². The van der Waals surface area contributed by atoms with Gasteiger partial charge in [0.15, 0.2) is 0 Å². The van der Waals surface area contributed by atoms with Crippen molar-refractivity contribution in [2.24, 2.45) is 0 Å². The summed E-state index contributed by atoms with van der Waals surface area (Å²) in [6.45, 7) is 0. The van der Waals surface area contributed by atoms with Gasteiger partial charge in [-0.05, 0) is 0 Å². The summed E-state index contributed by atoms with van der Waals surface area (Å²) in [7, 11) is -5.14. The van der Waals surface area contributed by atoms with Crippen LogP contribution in [0.5, 0.6) is 0 Å². The summed E-state index contributed by atoms with van der Waals surface area (Å²) in [5.41, 5.74) is 0. The standard InChI is InChI=1S/3K.Mn.H3O4P.4O/c;;;;1-5(2,3)4;;;;/h;;;;(H3,1,2,3,4);;;;/q3*+1;;;;;;-1/p-2. The zero-order chi connectivity index (χ0) is 9.00. The predicted molar refractivity (Wildman–Crippen MR) is 11.9 cm³/mol. The summed E-state index contributed by atoms with van der Waals surface area (Å²) >= 11 is -5.62. The number of hydrogen-bond acceptors (Lipinski definition) is 7. The van der Waals surface area contributed by atoms with Crippen LogP contribution in [0, 0.1) is 0 Å². The fraction of sp³-hybridized carbons (Fsp3) is 0. The molecule has 0 aliphatic rings. The molecule has 0 spiro atoms. The first-order valence-electron chi connectivity index (χ1n) is 1.36. The van der Waals surface area contributed by atoms with Crippen molar-refractivity contribution in [3.63, 3.8) is 0 Å². The Kier molecular flexibility index (Phi) is 35.3. The molecule has 0 aliphatic heterocycles. The molecule has 0 amide bonds. The van der Waals surface area contributed by atoms with Gasteiger partial charge in [0.05, 0.1) is 7.82 Å². The van der Waals surface area contributed by atoms with E-state index in [2.05, 4.69) is 0 Å². The van der Waals surface area contributed by atoms with Crippen molar-refractivity contribution in [1.82, 2.24) is 0 Å². The normalized spacial score (nSPS) is 8.92. The molecule has 0 bridgehead atoms. The van der Waals surface area contributed by atoms with Gasteiger partial charge in [-0.3, -0.25) is 0 Å². The van der Waals surface area contributed by atoms with Gasteiger partial charge in [-0.15, -0.1) is 0 Å². The quantitative estimate of drug-likeness (QED) is 0.338. The van der Waals surface area contributed by atoms with Crippen LogP contribution in [0.3, 0.4) is 0 Å². The molecule has 13 heavy (non-hydrogen) atoms. The van der Waals surface area contributed by atoms with Gasteiger partial charge >= 0.3 is 183 Å². The van der Waals surface area contributed by atoms with Crippen LogP contribution >= 0.6 is 7.82 Å². The fourth-order valence-electron chi connectivity index (χ4n) is 0. The Morgan fingerprint density at radius 2 is 1.00 bits per heavy atom. The minimum atomic E-state index is -5.62. The minimum absolute atomic E-state index is 0. The van der Waals surface area contributed by atoms with E-state index in [-0.39, 0.29) is 154 Å². The van der Waals surface area contributed by atoms with Gasteiger partial charge in [-0.1, -0.05) is 0 Å². The molecule has 0 aromatic carbocycles. The molecule has 0 aromatic rings. The summed E-state index contributed by atoms with van der Waals surface area (Å²) in [6, 6.07) is 0. The number of hydrogen-bond donors (Lipinski definition) is 1. The molecule has 0 heterocycles. The summed E-state index contributed by atoms with van der Waals surface area (Å²) in [4.78, 5) is 24.3. The second-order valence-electron chi connectivity index (χ2n) is 0.847. The molecule has 0 aromatic heterocycles. The van der Waals surface area contributed by atoms with Gasteiger partial charge in [0.2, 0.25) is 0 Å². The third-order valence-electron chi connectivity index (χ3n) is 0. The van der Waals surface area contributed by atoms with Crippen molar-refractivity contribution in [1.29, 1.82) is 0 Å². The van der Waals surface area contributed by atoms with Gasteiger partial charge in [-0.25, -0.2) is 0 Å². The van der Waals surface area contributed by atoms with Gasteiger partial charge in [0.1, 0.15) is 0 Å². The van der Waals surface area contributed by atoms with Crippen LogP contribution in [0.1, 0.15) is 0 Å². The molecule has 0 saturated carbocycles. The first-order valence-corrected chi connectivity index (χ1v) is 4.79. The molecule has 0 fully saturated rings. The summed E-state index contributed by atoms with van der Waals surface area (Å²) in [5.74, 6) is 0. The van der Waals surface area contributed by atoms with Gasteiger partial charge in [-0.2, -0.15) is 0 Å². The van der Waals surface area contributed by atoms with E-state index in [1.807, 2.05) is 0 Å². The molecule has 8 nitrogen and oxygen atoms in total. The zero-order valence-electron chi connectivity index (χ0n) is 7.13. The Labute approximate surface area is 203 Å². The van der Waals surface area contributed by atoms with Crippen molar-refractivity contribution in [3.05, 3.63) is 0 Å². The van der Waals surface area contributed by atoms with Gasteiger partial charge in [0, 0.05) is 0 Å². The first kappa shape index (κ1) is 30.7. The van der Waals surface area contributed by atoms with Crippen LogP contribution < -0.4 is 168 Å². The van der Waals surface area contributed by atoms with Gasteiger partial charge < -0.3 is 19.2 Å². The first-order chi connectivity index (χ1) is 4.00. The second-order valence-corrected chi connectivity index (χ2v) is 2.96. The van der Waals surface area contributed by atoms with E-state index in [0.29, 0.717) is 0 Å². The van der Waals surface area contributed by atoms with Crippen LogP contribution in [0.2, 0.25) is 0 Å². The van der Waals surface area contributed by atoms with Crippen molar-refractivity contribution in [3.8, 4) is 0 Å². The Hall–Kier alpha value is 4.90. The van der Waals surface area contributed by atoms with Gasteiger partial charge in [0.25, 0.3) is 0 Å². The second kappa shape index (κ2) is 15.0. The molecule has 0 aliphatic carbocycles. The molecule has 13 heteroatoms. The van der Waals surface area contributed by atoms with Crippen LogP contribution in [0.15, 0.2) is 0 Å². The molecule has 0 atom stereocenters. The molecule has 1 N–H and O–H groups in total. The van der Waals surface area contributed by atoms with Crippen molar-refractivity contribution in [2.45, 2.75) is 0 Å². The molecule has 0 rings (SSSR count). The average Bonchev–Trinajstić information content (AvgIpc) is 1.12. The Morgan fingerprint density at radius 1 is 1.00 bits per heavy atom. The maximum absolute atomic E-state index is 8.66. The monoisotopic (exact) mass is 332 g/mol. The number of phosphoric acid groups is 1.